The number of carboxylic acid groups (broad SMARTS) is 1. The summed E-state index contributed by atoms with van der Waals surface area (Å²) in [5.41, 5.74) is 1.69. The van der Waals surface area contributed by atoms with Gasteiger partial charge >= 0.3 is 5.97 Å². The molecule has 0 fully saturated rings. The van der Waals surface area contributed by atoms with E-state index in [1.807, 2.05) is 6.07 Å². The molecule has 1 aromatic heterocycles. The molecule has 2 N–H and O–H groups in total. The summed E-state index contributed by atoms with van der Waals surface area (Å²) in [6.45, 7) is -0.196. The lowest BCUT2D eigenvalue weighted by atomic mass is 10.0. The van der Waals surface area contributed by atoms with Gasteiger partial charge in [0.15, 0.2) is 5.69 Å². The van der Waals surface area contributed by atoms with Crippen LogP contribution in [-0.4, -0.2) is 26.8 Å². The molecule has 36 heavy (non-hydrogen) atoms. The fourth-order valence-electron chi connectivity index (χ4n) is 3.67. The van der Waals surface area contributed by atoms with Gasteiger partial charge in [-0.25, -0.2) is 9.07 Å². The van der Waals surface area contributed by atoms with Crippen molar-refractivity contribution < 1.29 is 19.1 Å². The molecule has 7 nitrogen and oxygen atoms in total. The van der Waals surface area contributed by atoms with Gasteiger partial charge in [0, 0.05) is 28.3 Å². The summed E-state index contributed by atoms with van der Waals surface area (Å²) in [5.74, 6) is -2.52. The van der Waals surface area contributed by atoms with Gasteiger partial charge in [-0.1, -0.05) is 53.5 Å². The number of hydrogen-bond donors (Lipinski definition) is 2. The van der Waals surface area contributed by atoms with Gasteiger partial charge in [0.2, 0.25) is 0 Å². The van der Waals surface area contributed by atoms with Crippen molar-refractivity contribution in [2.24, 2.45) is 0 Å². The normalized spacial score (nSPS) is 10.6. The highest BCUT2D eigenvalue weighted by Crippen LogP contribution is 2.33. The van der Waals surface area contributed by atoms with Gasteiger partial charge in [0.25, 0.3) is 5.91 Å². The number of rotatable bonds is 7. The first kappa shape index (κ1) is 24.9. The quantitative estimate of drug-likeness (QED) is 0.337. The van der Waals surface area contributed by atoms with Gasteiger partial charge in [-0.15, -0.1) is 0 Å². The standard InChI is InChI=1S/C26H17Cl2FN4O3/c27-18-9-7-16(8-10-18)25-19(12-23(34)35)24(32-33(25)22-4-2-1-3-20(22)28)26(36)31-14-17-6-5-15(13-30)11-21(17)29/h1-11H,12,14H2,(H,31,36)(H,34,35). The molecular formula is C26H17Cl2FN4O3. The second kappa shape index (κ2) is 10.6. The van der Waals surface area contributed by atoms with Gasteiger partial charge in [-0.2, -0.15) is 10.4 Å². The molecule has 0 radical (unpaired) electrons. The van der Waals surface area contributed by atoms with Gasteiger partial charge in [-0.3, -0.25) is 9.59 Å². The van der Waals surface area contributed by atoms with Crippen LogP contribution >= 0.6 is 23.2 Å². The largest absolute Gasteiger partial charge is 0.481 e. The minimum Gasteiger partial charge on any atom is -0.481 e. The summed E-state index contributed by atoms with van der Waals surface area (Å²) in [4.78, 5) is 25.0. The van der Waals surface area contributed by atoms with Crippen molar-refractivity contribution in [2.75, 3.05) is 0 Å². The fraction of sp³-hybridized carbons (Fsp3) is 0.0769. The Kier molecular flexibility index (Phi) is 7.34. The Morgan fingerprint density at radius 2 is 1.81 bits per heavy atom. The van der Waals surface area contributed by atoms with Crippen LogP contribution in [0.5, 0.6) is 0 Å². The van der Waals surface area contributed by atoms with Crippen LogP contribution in [0, 0.1) is 17.1 Å². The van der Waals surface area contributed by atoms with E-state index in [2.05, 4.69) is 10.4 Å². The lowest BCUT2D eigenvalue weighted by Gasteiger charge is -2.11. The number of carbonyl (C=O) groups excluding carboxylic acids is 1. The highest BCUT2D eigenvalue weighted by molar-refractivity contribution is 6.32. The number of halogens is 3. The molecule has 4 rings (SSSR count). The molecule has 0 aliphatic carbocycles. The van der Waals surface area contributed by atoms with Crippen molar-refractivity contribution in [2.45, 2.75) is 13.0 Å². The molecule has 0 bridgehead atoms. The van der Waals surface area contributed by atoms with Gasteiger partial charge < -0.3 is 10.4 Å². The van der Waals surface area contributed by atoms with E-state index in [1.165, 1.54) is 16.8 Å². The number of hydrogen-bond acceptors (Lipinski definition) is 4. The van der Waals surface area contributed by atoms with Crippen LogP contribution in [0.25, 0.3) is 16.9 Å². The average molecular weight is 523 g/mol. The number of nitrogens with one attached hydrogen (secondary N) is 1. The van der Waals surface area contributed by atoms with Gasteiger partial charge in [0.1, 0.15) is 5.82 Å². The monoisotopic (exact) mass is 522 g/mol. The number of nitriles is 1. The van der Waals surface area contributed by atoms with Crippen molar-refractivity contribution in [3.63, 3.8) is 0 Å². The van der Waals surface area contributed by atoms with E-state index in [0.717, 1.165) is 6.07 Å². The zero-order valence-corrected chi connectivity index (χ0v) is 20.0. The zero-order valence-electron chi connectivity index (χ0n) is 18.5. The molecule has 10 heteroatoms. The Labute approximate surface area is 215 Å². The van der Waals surface area contributed by atoms with Crippen LogP contribution < -0.4 is 5.32 Å². The molecule has 0 atom stereocenters. The van der Waals surface area contributed by atoms with Crippen LogP contribution in [-0.2, 0) is 17.8 Å². The van der Waals surface area contributed by atoms with Gasteiger partial charge in [0.05, 0.1) is 34.5 Å². The molecule has 0 aliphatic rings. The van der Waals surface area contributed by atoms with Crippen molar-refractivity contribution >= 4 is 35.1 Å². The molecule has 0 saturated carbocycles. The summed E-state index contributed by atoms with van der Waals surface area (Å²) < 4.78 is 15.7. The highest BCUT2D eigenvalue weighted by Gasteiger charge is 2.27. The van der Waals surface area contributed by atoms with Crippen molar-refractivity contribution in [3.8, 4) is 23.0 Å². The average Bonchev–Trinajstić information content (AvgIpc) is 3.22. The number of carbonyl (C=O) groups is 2. The third-order valence-corrected chi connectivity index (χ3v) is 5.92. The van der Waals surface area contributed by atoms with E-state index in [9.17, 15) is 19.1 Å². The predicted molar refractivity (Wildman–Crippen MR) is 133 cm³/mol. The lowest BCUT2D eigenvalue weighted by molar-refractivity contribution is -0.136. The number of nitrogens with zero attached hydrogens (tertiary/aromatic N) is 3. The first-order chi connectivity index (χ1) is 17.3. The number of para-hydroxylation sites is 1. The van der Waals surface area contributed by atoms with Crippen molar-refractivity contribution in [1.82, 2.24) is 15.1 Å². The van der Waals surface area contributed by atoms with E-state index in [-0.39, 0.29) is 28.9 Å². The minimum absolute atomic E-state index is 0.142. The molecule has 0 unspecified atom stereocenters. The summed E-state index contributed by atoms with van der Waals surface area (Å²) in [5, 5.41) is 26.4. The van der Waals surface area contributed by atoms with E-state index >= 15 is 0 Å². The van der Waals surface area contributed by atoms with Crippen LogP contribution in [0.1, 0.15) is 27.2 Å². The first-order valence-corrected chi connectivity index (χ1v) is 11.4. The molecule has 0 saturated heterocycles. The Balaban J connectivity index is 1.82. The number of benzene rings is 3. The number of aliphatic carboxylic acids is 1. The second-order valence-corrected chi connectivity index (χ2v) is 8.56. The van der Waals surface area contributed by atoms with Crippen LogP contribution in [0.2, 0.25) is 10.0 Å². The van der Waals surface area contributed by atoms with Crippen molar-refractivity contribution in [3.05, 3.63) is 105 Å². The van der Waals surface area contributed by atoms with Crippen LogP contribution in [0.4, 0.5) is 4.39 Å². The van der Waals surface area contributed by atoms with Crippen LogP contribution in [0.15, 0.2) is 66.7 Å². The Morgan fingerprint density at radius 3 is 2.44 bits per heavy atom. The maximum atomic E-state index is 14.3. The number of carboxylic acids is 1. The molecule has 1 amide bonds. The molecule has 0 aliphatic heterocycles. The summed E-state index contributed by atoms with van der Waals surface area (Å²) >= 11 is 12.5. The smallest absolute Gasteiger partial charge is 0.307 e. The summed E-state index contributed by atoms with van der Waals surface area (Å²) in [6, 6.07) is 19.2. The molecule has 4 aromatic rings. The summed E-state index contributed by atoms with van der Waals surface area (Å²) in [6.07, 6.45) is -0.504. The predicted octanol–water partition coefficient (Wildman–Crippen LogP) is 5.41. The van der Waals surface area contributed by atoms with E-state index < -0.39 is 24.1 Å². The minimum atomic E-state index is -1.17. The van der Waals surface area contributed by atoms with Gasteiger partial charge in [-0.05, 0) is 36.4 Å². The highest BCUT2D eigenvalue weighted by atomic mass is 35.5. The molecule has 0 spiro atoms. The maximum Gasteiger partial charge on any atom is 0.307 e. The fourth-order valence-corrected chi connectivity index (χ4v) is 4.01. The molecule has 180 valence electrons. The van der Waals surface area contributed by atoms with E-state index in [4.69, 9.17) is 28.5 Å². The summed E-state index contributed by atoms with van der Waals surface area (Å²) in [7, 11) is 0. The van der Waals surface area contributed by atoms with Crippen LogP contribution in [0.3, 0.4) is 0 Å². The zero-order chi connectivity index (χ0) is 25.8. The number of aromatic nitrogens is 2. The first-order valence-electron chi connectivity index (χ1n) is 10.6. The second-order valence-electron chi connectivity index (χ2n) is 7.72. The molecule has 1 heterocycles. The Hall–Kier alpha value is -4.19. The Bertz CT molecular complexity index is 1510. The van der Waals surface area contributed by atoms with E-state index in [0.29, 0.717) is 27.0 Å². The third-order valence-electron chi connectivity index (χ3n) is 5.35. The topological polar surface area (TPSA) is 108 Å². The Morgan fingerprint density at radius 1 is 1.08 bits per heavy atom. The number of amides is 1. The maximum absolute atomic E-state index is 14.3. The van der Waals surface area contributed by atoms with E-state index in [1.54, 1.807) is 48.5 Å². The SMILES string of the molecule is N#Cc1ccc(CNC(=O)c2nn(-c3ccccc3Cl)c(-c3ccc(Cl)cc3)c2CC(=O)O)c(F)c1. The molecular weight excluding hydrogens is 506 g/mol. The third kappa shape index (κ3) is 5.23. The molecule has 3 aromatic carbocycles. The lowest BCUT2D eigenvalue weighted by Crippen LogP contribution is -2.25. The van der Waals surface area contributed by atoms with Crippen molar-refractivity contribution in [1.29, 1.82) is 5.26 Å².